The lowest BCUT2D eigenvalue weighted by Crippen LogP contribution is -1.94. The molecule has 0 aliphatic heterocycles. The molecule has 13 heavy (non-hydrogen) atoms. The largest absolute Gasteiger partial charge is 0.207 e. The van der Waals surface area contributed by atoms with Crippen LogP contribution in [0.2, 0.25) is 0 Å². The summed E-state index contributed by atoms with van der Waals surface area (Å²) in [6.07, 6.45) is 3.13. The maximum absolute atomic E-state index is 4.28. The van der Waals surface area contributed by atoms with E-state index in [1.54, 1.807) is 28.7 Å². The molecule has 0 amide bonds. The van der Waals surface area contributed by atoms with E-state index in [0.717, 1.165) is 10.6 Å². The highest BCUT2D eigenvalue weighted by molar-refractivity contribution is 7.12. The van der Waals surface area contributed by atoms with Gasteiger partial charge in [0.2, 0.25) is 0 Å². The van der Waals surface area contributed by atoms with Crippen LogP contribution in [0.4, 0.5) is 0 Å². The van der Waals surface area contributed by atoms with Gasteiger partial charge in [0.1, 0.15) is 12.7 Å². The van der Waals surface area contributed by atoms with E-state index in [1.165, 1.54) is 0 Å². The summed E-state index contributed by atoms with van der Waals surface area (Å²) >= 11 is 1.67. The van der Waals surface area contributed by atoms with Crippen molar-refractivity contribution >= 4 is 17.0 Å². The van der Waals surface area contributed by atoms with Gasteiger partial charge in [-0.3, -0.25) is 0 Å². The van der Waals surface area contributed by atoms with Crippen LogP contribution in [0, 0.1) is 0 Å². The summed E-state index contributed by atoms with van der Waals surface area (Å²) < 4.78 is 1.59. The number of hydrogen-bond acceptors (Lipinski definition) is 4. The number of thiophene rings is 1. The highest BCUT2D eigenvalue weighted by Gasteiger charge is 1.97. The number of hydrogen-bond donors (Lipinski definition) is 0. The fourth-order valence-corrected chi connectivity index (χ4v) is 1.63. The number of nitrogens with zero attached hydrogens (tertiary/aromatic N) is 4. The number of rotatable bonds is 2. The van der Waals surface area contributed by atoms with Gasteiger partial charge in [-0.2, -0.15) is 5.10 Å². The van der Waals surface area contributed by atoms with Gasteiger partial charge in [-0.15, -0.1) is 21.5 Å². The van der Waals surface area contributed by atoms with Crippen LogP contribution in [0.5, 0.6) is 0 Å². The molecule has 5 heteroatoms. The van der Waals surface area contributed by atoms with E-state index in [2.05, 4.69) is 15.3 Å². The van der Waals surface area contributed by atoms with Crippen LogP contribution >= 0.6 is 11.3 Å². The summed E-state index contributed by atoms with van der Waals surface area (Å²) in [6, 6.07) is 4.04. The fraction of sp³-hybridized carbons (Fsp3) is 0.125. The van der Waals surface area contributed by atoms with Crippen molar-refractivity contribution in [1.29, 1.82) is 0 Å². The quantitative estimate of drug-likeness (QED) is 0.678. The van der Waals surface area contributed by atoms with E-state index in [-0.39, 0.29) is 0 Å². The normalized spacial score (nSPS) is 11.9. The SMILES string of the molecule is C/C(=N/n1cnnc1)c1cccs1. The summed E-state index contributed by atoms with van der Waals surface area (Å²) in [7, 11) is 0. The Morgan fingerprint density at radius 3 is 2.85 bits per heavy atom. The zero-order valence-electron chi connectivity index (χ0n) is 7.08. The third kappa shape index (κ3) is 1.81. The van der Waals surface area contributed by atoms with Crippen LogP contribution in [0.15, 0.2) is 35.3 Å². The lowest BCUT2D eigenvalue weighted by atomic mass is 10.3. The van der Waals surface area contributed by atoms with Crippen molar-refractivity contribution in [3.8, 4) is 0 Å². The molecule has 2 aromatic rings. The standard InChI is InChI=1S/C8H8N4S/c1-7(8-3-2-4-13-8)11-12-5-9-10-6-12/h2-6H,1H3/b11-7-. The van der Waals surface area contributed by atoms with E-state index in [0.29, 0.717) is 0 Å². The molecule has 0 fully saturated rings. The van der Waals surface area contributed by atoms with Gasteiger partial charge in [0, 0.05) is 0 Å². The average Bonchev–Trinajstić information content (AvgIpc) is 2.74. The summed E-state index contributed by atoms with van der Waals surface area (Å²) in [5.74, 6) is 0. The van der Waals surface area contributed by atoms with Crippen molar-refractivity contribution in [2.24, 2.45) is 5.10 Å². The van der Waals surface area contributed by atoms with Crippen LogP contribution in [-0.2, 0) is 0 Å². The molecule has 0 saturated carbocycles. The van der Waals surface area contributed by atoms with Crippen LogP contribution in [-0.4, -0.2) is 20.6 Å². The monoisotopic (exact) mass is 192 g/mol. The first-order valence-corrected chi connectivity index (χ1v) is 4.68. The fourth-order valence-electron chi connectivity index (χ4n) is 0.954. The lowest BCUT2D eigenvalue weighted by Gasteiger charge is -1.94. The molecule has 0 radical (unpaired) electrons. The van der Waals surface area contributed by atoms with Crippen LogP contribution in [0.25, 0.3) is 0 Å². The van der Waals surface area contributed by atoms with Gasteiger partial charge >= 0.3 is 0 Å². The first-order chi connectivity index (χ1) is 6.36. The van der Waals surface area contributed by atoms with Gasteiger partial charge in [0.25, 0.3) is 0 Å². The van der Waals surface area contributed by atoms with Gasteiger partial charge in [-0.25, -0.2) is 4.68 Å². The summed E-state index contributed by atoms with van der Waals surface area (Å²) in [5.41, 5.74) is 0.967. The van der Waals surface area contributed by atoms with Gasteiger partial charge in [-0.05, 0) is 18.4 Å². The van der Waals surface area contributed by atoms with Crippen molar-refractivity contribution in [1.82, 2.24) is 14.9 Å². The minimum atomic E-state index is 0.967. The molecule has 2 rings (SSSR count). The molecule has 0 aromatic carbocycles. The van der Waals surface area contributed by atoms with Gasteiger partial charge in [0.05, 0.1) is 10.6 Å². The van der Waals surface area contributed by atoms with Crippen molar-refractivity contribution in [2.75, 3.05) is 0 Å². The Hall–Kier alpha value is -1.49. The molecule has 0 atom stereocenters. The Labute approximate surface area is 79.6 Å². The molecule has 0 aliphatic carbocycles. The number of aromatic nitrogens is 3. The van der Waals surface area contributed by atoms with Gasteiger partial charge in [0.15, 0.2) is 0 Å². The Bertz CT molecular complexity index is 388. The van der Waals surface area contributed by atoms with Crippen molar-refractivity contribution in [2.45, 2.75) is 6.92 Å². The zero-order chi connectivity index (χ0) is 9.10. The minimum absolute atomic E-state index is 0.967. The van der Waals surface area contributed by atoms with Gasteiger partial charge < -0.3 is 0 Å². The second-order valence-corrected chi connectivity index (χ2v) is 3.45. The second-order valence-electron chi connectivity index (χ2n) is 2.50. The topological polar surface area (TPSA) is 43.1 Å². The summed E-state index contributed by atoms with van der Waals surface area (Å²) in [5, 5.41) is 13.6. The summed E-state index contributed by atoms with van der Waals surface area (Å²) in [6.45, 7) is 1.96. The molecular weight excluding hydrogens is 184 g/mol. The zero-order valence-corrected chi connectivity index (χ0v) is 7.90. The first-order valence-electron chi connectivity index (χ1n) is 3.80. The molecule has 0 aliphatic rings. The van der Waals surface area contributed by atoms with E-state index in [4.69, 9.17) is 0 Å². The van der Waals surface area contributed by atoms with E-state index >= 15 is 0 Å². The van der Waals surface area contributed by atoms with Crippen molar-refractivity contribution in [3.63, 3.8) is 0 Å². The molecule has 0 bridgehead atoms. The molecule has 4 nitrogen and oxygen atoms in total. The molecule has 0 spiro atoms. The van der Waals surface area contributed by atoms with Crippen LogP contribution < -0.4 is 0 Å². The highest BCUT2D eigenvalue weighted by atomic mass is 32.1. The average molecular weight is 192 g/mol. The van der Waals surface area contributed by atoms with Gasteiger partial charge in [-0.1, -0.05) is 6.07 Å². The van der Waals surface area contributed by atoms with E-state index in [9.17, 15) is 0 Å². The lowest BCUT2D eigenvalue weighted by molar-refractivity contribution is 0.871. The van der Waals surface area contributed by atoms with Crippen LogP contribution in [0.3, 0.4) is 0 Å². The minimum Gasteiger partial charge on any atom is -0.207 e. The molecular formula is C8H8N4S. The second kappa shape index (κ2) is 3.49. The third-order valence-electron chi connectivity index (χ3n) is 1.55. The van der Waals surface area contributed by atoms with Crippen LogP contribution in [0.1, 0.15) is 11.8 Å². The molecule has 0 unspecified atom stereocenters. The Balaban J connectivity index is 2.27. The molecule has 0 N–H and O–H groups in total. The Morgan fingerprint density at radius 1 is 1.46 bits per heavy atom. The highest BCUT2D eigenvalue weighted by Crippen LogP contribution is 2.09. The first kappa shape index (κ1) is 8.12. The predicted octanol–water partition coefficient (Wildman–Crippen LogP) is 1.61. The molecule has 66 valence electrons. The maximum Gasteiger partial charge on any atom is 0.141 e. The predicted molar refractivity (Wildman–Crippen MR) is 52.0 cm³/mol. The van der Waals surface area contributed by atoms with Crippen molar-refractivity contribution in [3.05, 3.63) is 35.0 Å². The van der Waals surface area contributed by atoms with E-state index < -0.39 is 0 Å². The summed E-state index contributed by atoms with van der Waals surface area (Å²) in [4.78, 5) is 1.16. The Kier molecular flexibility index (Phi) is 2.18. The maximum atomic E-state index is 4.28. The van der Waals surface area contributed by atoms with Crippen molar-refractivity contribution < 1.29 is 0 Å². The molecule has 2 aromatic heterocycles. The molecule has 2 heterocycles. The smallest absolute Gasteiger partial charge is 0.141 e. The van der Waals surface area contributed by atoms with E-state index in [1.807, 2.05) is 24.4 Å². The Morgan fingerprint density at radius 2 is 2.23 bits per heavy atom. The molecule has 0 saturated heterocycles. The third-order valence-corrected chi connectivity index (χ3v) is 2.53.